The lowest BCUT2D eigenvalue weighted by Crippen LogP contribution is -2.33. The summed E-state index contributed by atoms with van der Waals surface area (Å²) in [5.41, 5.74) is 5.03. The third-order valence-corrected chi connectivity index (χ3v) is 10.6. The van der Waals surface area contributed by atoms with Gasteiger partial charge in [0, 0.05) is 67.8 Å². The van der Waals surface area contributed by atoms with Crippen LogP contribution in [-0.2, 0) is 49.0 Å². The van der Waals surface area contributed by atoms with E-state index in [1.165, 1.54) is 6.66 Å². The van der Waals surface area contributed by atoms with E-state index in [0.717, 1.165) is 45.0 Å². The van der Waals surface area contributed by atoms with Gasteiger partial charge < -0.3 is 9.13 Å². The maximum Gasteiger partial charge on any atom is 0.381 e. The molecule has 0 amide bonds. The van der Waals surface area contributed by atoms with E-state index in [1.54, 1.807) is 24.8 Å². The summed E-state index contributed by atoms with van der Waals surface area (Å²) in [6.45, 7) is 9.28. The zero-order valence-corrected chi connectivity index (χ0v) is 32.3. The molecule has 0 saturated carbocycles. The Morgan fingerprint density at radius 3 is 1.21 bits per heavy atom. The van der Waals surface area contributed by atoms with Crippen LogP contribution < -0.4 is 0 Å². The maximum atomic E-state index is 14.1. The molecular formula is C41H47N6O5P. The minimum Gasteiger partial charge on any atom is -0.328 e. The van der Waals surface area contributed by atoms with Crippen molar-refractivity contribution in [2.24, 2.45) is 14.1 Å². The molecule has 0 atom stereocenters. The van der Waals surface area contributed by atoms with E-state index in [-0.39, 0.29) is 0 Å². The topological polar surface area (TPSA) is 115 Å². The Hall–Kier alpha value is -4.77. The molecule has 4 aromatic heterocycles. The minimum absolute atomic E-state index is 0.473. The first-order chi connectivity index (χ1) is 25.6. The van der Waals surface area contributed by atoms with Gasteiger partial charge in [0.05, 0.1) is 22.8 Å². The number of benzene rings is 2. The molecule has 2 aromatic carbocycles. The van der Waals surface area contributed by atoms with Crippen molar-refractivity contribution < 1.29 is 23.7 Å². The number of aromatic nitrogens is 6. The molecule has 276 valence electrons. The number of nitrogens with zero attached hydrogens (tertiary/aromatic N) is 6. The second-order valence-corrected chi connectivity index (χ2v) is 14.9. The van der Waals surface area contributed by atoms with Gasteiger partial charge in [-0.15, -0.1) is 9.35 Å². The molecule has 53 heavy (non-hydrogen) atoms. The van der Waals surface area contributed by atoms with Crippen LogP contribution in [0.2, 0.25) is 0 Å². The van der Waals surface area contributed by atoms with Crippen molar-refractivity contribution in [2.45, 2.75) is 64.6 Å². The van der Waals surface area contributed by atoms with Gasteiger partial charge in [-0.3, -0.25) is 14.5 Å². The molecule has 12 heteroatoms. The number of hydrogen-bond donors (Lipinski definition) is 0. The highest BCUT2D eigenvalue weighted by Crippen LogP contribution is 2.51. The fourth-order valence-corrected chi connectivity index (χ4v) is 7.40. The summed E-state index contributed by atoms with van der Waals surface area (Å²) >= 11 is 0. The zero-order chi connectivity index (χ0) is 37.6. The molecule has 0 radical (unpaired) electrons. The second-order valence-electron chi connectivity index (χ2n) is 13.1. The summed E-state index contributed by atoms with van der Waals surface area (Å²) in [7, 11) is -0.0843. The van der Waals surface area contributed by atoms with Crippen molar-refractivity contribution in [1.82, 2.24) is 29.1 Å². The number of hydrogen-bond acceptors (Lipinski definition) is 9. The summed E-state index contributed by atoms with van der Waals surface area (Å²) < 4.78 is 29.6. The molecular weight excluding hydrogens is 687 g/mol. The molecule has 0 bridgehead atoms. The third-order valence-electron chi connectivity index (χ3n) is 9.96. The molecule has 0 unspecified atom stereocenters. The zero-order valence-electron chi connectivity index (χ0n) is 31.4. The van der Waals surface area contributed by atoms with Crippen LogP contribution in [0, 0.1) is 0 Å². The van der Waals surface area contributed by atoms with Crippen molar-refractivity contribution in [3.05, 3.63) is 121 Å². The van der Waals surface area contributed by atoms with Gasteiger partial charge in [0.15, 0.2) is 11.2 Å². The van der Waals surface area contributed by atoms with Gasteiger partial charge in [-0.2, -0.15) is 0 Å². The molecule has 0 aliphatic carbocycles. The summed E-state index contributed by atoms with van der Waals surface area (Å²) in [6.07, 6.45) is 8.92. The lowest BCUT2D eigenvalue weighted by atomic mass is 9.96. The molecule has 0 N–H and O–H groups in total. The Kier molecular flexibility index (Phi) is 11.5. The van der Waals surface area contributed by atoms with Gasteiger partial charge in [0.25, 0.3) is 0 Å². The van der Waals surface area contributed by atoms with E-state index >= 15 is 0 Å². The fourth-order valence-electron chi connectivity index (χ4n) is 6.82. The average Bonchev–Trinajstić information content (AvgIpc) is 3.74. The first-order valence-corrected chi connectivity index (χ1v) is 20.0. The predicted molar refractivity (Wildman–Crippen MR) is 206 cm³/mol. The van der Waals surface area contributed by atoms with Crippen LogP contribution in [-0.4, -0.2) is 35.7 Å². The molecule has 6 aromatic rings. The van der Waals surface area contributed by atoms with Gasteiger partial charge in [-0.05, 0) is 49.9 Å². The van der Waals surface area contributed by atoms with Crippen LogP contribution in [0.4, 0.5) is 0 Å². The quantitative estimate of drug-likeness (QED) is 0.0544. The smallest absolute Gasteiger partial charge is 0.328 e. The monoisotopic (exact) mass is 734 g/mol. The first kappa shape index (κ1) is 38.0. The van der Waals surface area contributed by atoms with Crippen LogP contribution in [0.5, 0.6) is 0 Å². The van der Waals surface area contributed by atoms with E-state index in [1.807, 2.05) is 136 Å². The SMILES string of the molecule is CCC(CC)(OOP(C)(=O)OOC(CC)(CC)c1nc(-c2ccccc2)c(-c2ccncc2)n1C)c1nc(-c2ccccc2)c(-c2ccncc2)n1C. The van der Waals surface area contributed by atoms with E-state index in [2.05, 4.69) is 9.97 Å². The highest BCUT2D eigenvalue weighted by Gasteiger charge is 2.43. The summed E-state index contributed by atoms with van der Waals surface area (Å²) in [5.74, 6) is 1.24. The molecule has 11 nitrogen and oxygen atoms in total. The Morgan fingerprint density at radius 1 is 0.547 bits per heavy atom. The lowest BCUT2D eigenvalue weighted by Gasteiger charge is -2.32. The Labute approximate surface area is 311 Å². The molecule has 0 spiro atoms. The second kappa shape index (κ2) is 16.1. The van der Waals surface area contributed by atoms with E-state index in [9.17, 15) is 4.57 Å². The number of pyridine rings is 2. The van der Waals surface area contributed by atoms with Crippen LogP contribution in [0.1, 0.15) is 65.0 Å². The van der Waals surface area contributed by atoms with Gasteiger partial charge >= 0.3 is 7.60 Å². The Bertz CT molecular complexity index is 2000. The Morgan fingerprint density at radius 2 is 0.887 bits per heavy atom. The Balaban J connectivity index is 1.30. The number of rotatable bonds is 16. The van der Waals surface area contributed by atoms with Gasteiger partial charge in [-0.25, -0.2) is 19.7 Å². The molecule has 6 rings (SSSR count). The number of imidazole rings is 2. The normalized spacial score (nSPS) is 12.4. The van der Waals surface area contributed by atoms with E-state index in [4.69, 9.17) is 29.1 Å². The van der Waals surface area contributed by atoms with E-state index in [0.29, 0.717) is 37.3 Å². The van der Waals surface area contributed by atoms with E-state index < -0.39 is 18.8 Å². The average molecular weight is 735 g/mol. The summed E-state index contributed by atoms with van der Waals surface area (Å²) in [4.78, 5) is 31.2. The van der Waals surface area contributed by atoms with Gasteiger partial charge in [0.2, 0.25) is 0 Å². The standard InChI is InChI=1S/C41H47N6O5P/c1-8-40(9-2,38-44-34(30-18-14-12-15-19-30)36(46(38)5)32-22-26-42-27-23-32)49-51-53(7,48)52-50-41(10-3,11-4)39-45-35(31-20-16-13-17-21-31)37(47(39)6)33-24-28-43-29-25-33/h12-29H,8-11H2,1-7H3. The minimum atomic E-state index is -3.99. The molecule has 0 fully saturated rings. The molecule has 0 aliphatic rings. The van der Waals surface area contributed by atoms with Crippen LogP contribution in [0.3, 0.4) is 0 Å². The lowest BCUT2D eigenvalue weighted by molar-refractivity contribution is -0.350. The van der Waals surface area contributed by atoms with Gasteiger partial charge in [-0.1, -0.05) is 88.4 Å². The van der Waals surface area contributed by atoms with Crippen molar-refractivity contribution in [1.29, 1.82) is 0 Å². The van der Waals surface area contributed by atoms with Crippen molar-refractivity contribution >= 4 is 7.60 Å². The third kappa shape index (κ3) is 7.54. The van der Waals surface area contributed by atoms with Crippen LogP contribution in [0.15, 0.2) is 110 Å². The van der Waals surface area contributed by atoms with Crippen molar-refractivity contribution in [2.75, 3.05) is 6.66 Å². The first-order valence-electron chi connectivity index (χ1n) is 18.0. The largest absolute Gasteiger partial charge is 0.381 e. The molecule has 4 heterocycles. The molecule has 0 aliphatic heterocycles. The van der Waals surface area contributed by atoms with Crippen LogP contribution in [0.25, 0.3) is 45.0 Å². The summed E-state index contributed by atoms with van der Waals surface area (Å²) in [5, 5.41) is 0. The van der Waals surface area contributed by atoms with Crippen molar-refractivity contribution in [3.8, 4) is 45.0 Å². The fraction of sp³-hybridized carbons (Fsp3) is 0.317. The highest BCUT2D eigenvalue weighted by atomic mass is 31.2. The van der Waals surface area contributed by atoms with Crippen molar-refractivity contribution in [3.63, 3.8) is 0 Å². The predicted octanol–water partition coefficient (Wildman–Crippen LogP) is 10.1. The summed E-state index contributed by atoms with van der Waals surface area (Å²) in [6, 6.07) is 27.8. The molecule has 0 saturated heterocycles. The van der Waals surface area contributed by atoms with Gasteiger partial charge in [0.1, 0.15) is 11.6 Å². The maximum absolute atomic E-state index is 14.1. The highest BCUT2D eigenvalue weighted by molar-refractivity contribution is 7.52. The van der Waals surface area contributed by atoms with Crippen LogP contribution >= 0.6 is 7.60 Å².